The van der Waals surface area contributed by atoms with E-state index < -0.39 is 24.3 Å². The van der Waals surface area contributed by atoms with Gasteiger partial charge in [0.15, 0.2) is 0 Å². The number of thioether (sulfide) groups is 1. The first kappa shape index (κ1) is 29.2. The van der Waals surface area contributed by atoms with Crippen LogP contribution < -0.4 is 0 Å². The van der Waals surface area contributed by atoms with Crippen molar-refractivity contribution in [2.45, 2.75) is 55.5 Å². The highest BCUT2D eigenvalue weighted by molar-refractivity contribution is 8.01. The molecule has 0 amide bonds. The molecule has 35 heavy (non-hydrogen) atoms. The van der Waals surface area contributed by atoms with Crippen LogP contribution in [0.25, 0.3) is 0 Å². The first-order valence-corrected chi connectivity index (χ1v) is 11.7. The lowest BCUT2D eigenvalue weighted by Gasteiger charge is -2.49. The predicted molar refractivity (Wildman–Crippen MR) is 114 cm³/mol. The Hall–Kier alpha value is -2.06. The minimum absolute atomic E-state index is 0.419. The van der Waals surface area contributed by atoms with Crippen LogP contribution in [-0.4, -0.2) is 80.6 Å². The molecule has 0 radical (unpaired) electrons. The molecular weight excluding hydrogens is 506 g/mol. The van der Waals surface area contributed by atoms with Gasteiger partial charge in [0.1, 0.15) is 0 Å². The van der Waals surface area contributed by atoms with Gasteiger partial charge in [-0.15, -0.1) is 11.8 Å². The van der Waals surface area contributed by atoms with Crippen molar-refractivity contribution in [3.8, 4) is 0 Å². The highest BCUT2D eigenvalue weighted by Crippen LogP contribution is 2.47. The maximum atomic E-state index is 10.6. The molecule has 0 bridgehead atoms. The summed E-state index contributed by atoms with van der Waals surface area (Å²) in [5.41, 5.74) is 1.05. The van der Waals surface area contributed by atoms with Gasteiger partial charge >= 0.3 is 24.3 Å². The van der Waals surface area contributed by atoms with E-state index >= 15 is 0 Å². The van der Waals surface area contributed by atoms with Crippen LogP contribution in [0, 0.1) is 5.92 Å². The number of likely N-dealkylation sites (tertiary alicyclic amines) is 1. The van der Waals surface area contributed by atoms with Crippen LogP contribution in [0.3, 0.4) is 0 Å². The summed E-state index contributed by atoms with van der Waals surface area (Å²) in [7, 11) is 0. The second-order valence-electron chi connectivity index (χ2n) is 8.52. The number of carbonyl (C=O) groups is 2. The minimum atomic E-state index is -5.08. The molecule has 3 aliphatic rings. The number of aliphatic carboxylic acids is 2. The van der Waals surface area contributed by atoms with E-state index in [0.29, 0.717) is 17.5 Å². The van der Waals surface area contributed by atoms with Gasteiger partial charge in [-0.2, -0.15) is 26.3 Å². The summed E-state index contributed by atoms with van der Waals surface area (Å²) in [4.78, 5) is 24.8. The molecular formula is C21H26F6N2O5S. The summed E-state index contributed by atoms with van der Waals surface area (Å²) in [6, 6.07) is 6.03. The Morgan fingerprint density at radius 2 is 1.66 bits per heavy atom. The third kappa shape index (κ3) is 9.84. The summed E-state index contributed by atoms with van der Waals surface area (Å²) in [5.74, 6) is -3.35. The Bertz CT molecular complexity index is 806. The molecule has 1 aliphatic carbocycles. The Morgan fingerprint density at radius 1 is 1.09 bits per heavy atom. The lowest BCUT2D eigenvalue weighted by Crippen LogP contribution is -2.60. The Balaban J connectivity index is 0.000000257. The fraction of sp³-hybridized carbons (Fsp3) is 0.667. The fourth-order valence-electron chi connectivity index (χ4n) is 3.75. The molecule has 1 aromatic rings. The van der Waals surface area contributed by atoms with Gasteiger partial charge in [0.25, 0.3) is 0 Å². The number of alkyl halides is 6. The van der Waals surface area contributed by atoms with E-state index in [1.165, 1.54) is 45.3 Å². The molecule has 14 heteroatoms. The summed E-state index contributed by atoms with van der Waals surface area (Å²) < 4.78 is 70.1. The molecule has 3 fully saturated rings. The van der Waals surface area contributed by atoms with E-state index in [9.17, 15) is 26.3 Å². The standard InChI is InChI=1S/C17H24N2OS.2C2HF3O2/c1-2-7-18-15(6-1)10-20-16-8-17(21-11-16)12-19(13-17)9-14-4-3-5-14;2*3-2(4,5)1(6)7/h1-2,6-7,14,16H,3-5,8-13H2;2*(H,6,7). The molecule has 2 aliphatic heterocycles. The van der Waals surface area contributed by atoms with Crippen LogP contribution in [0.1, 0.15) is 31.4 Å². The van der Waals surface area contributed by atoms with Crippen molar-refractivity contribution in [1.82, 2.24) is 9.88 Å². The number of carboxylic acids is 2. The molecule has 2 N–H and O–H groups in total. The Morgan fingerprint density at radius 3 is 2.09 bits per heavy atom. The predicted octanol–water partition coefficient (Wildman–Crippen LogP) is 4.22. The third-order valence-corrected chi connectivity index (χ3v) is 7.19. The molecule has 1 aromatic heterocycles. The number of hydrogen-bond acceptors (Lipinski definition) is 6. The van der Waals surface area contributed by atoms with E-state index in [1.54, 1.807) is 0 Å². The number of rotatable bonds is 5. The Labute approximate surface area is 201 Å². The monoisotopic (exact) mass is 532 g/mol. The maximum Gasteiger partial charge on any atom is 0.490 e. The smallest absolute Gasteiger partial charge is 0.475 e. The molecule has 4 rings (SSSR count). The van der Waals surface area contributed by atoms with Crippen molar-refractivity contribution >= 4 is 23.7 Å². The summed E-state index contributed by atoms with van der Waals surface area (Å²) in [5, 5.41) is 14.2. The fourth-order valence-corrected chi connectivity index (χ4v) is 5.36. The van der Waals surface area contributed by atoms with E-state index in [1.807, 2.05) is 24.4 Å². The number of pyridine rings is 1. The zero-order valence-corrected chi connectivity index (χ0v) is 19.3. The topological polar surface area (TPSA) is 100.0 Å². The van der Waals surface area contributed by atoms with Gasteiger partial charge < -0.3 is 19.8 Å². The van der Waals surface area contributed by atoms with Crippen LogP contribution in [0.4, 0.5) is 26.3 Å². The molecule has 1 unspecified atom stereocenters. The highest BCUT2D eigenvalue weighted by Gasteiger charge is 2.49. The molecule has 1 saturated carbocycles. The van der Waals surface area contributed by atoms with E-state index in [4.69, 9.17) is 24.5 Å². The summed E-state index contributed by atoms with van der Waals surface area (Å²) in [6.07, 6.45) is -2.29. The lowest BCUT2D eigenvalue weighted by molar-refractivity contribution is -0.193. The number of ether oxygens (including phenoxy) is 1. The van der Waals surface area contributed by atoms with Gasteiger partial charge in [-0.25, -0.2) is 9.59 Å². The highest BCUT2D eigenvalue weighted by atomic mass is 32.2. The number of carboxylic acid groups (broad SMARTS) is 2. The molecule has 198 valence electrons. The average Bonchev–Trinajstić information content (AvgIpc) is 3.13. The molecule has 2 saturated heterocycles. The van der Waals surface area contributed by atoms with Crippen molar-refractivity contribution in [2.24, 2.45) is 5.92 Å². The zero-order chi connectivity index (χ0) is 26.3. The second kappa shape index (κ2) is 12.3. The number of aromatic nitrogens is 1. The van der Waals surface area contributed by atoms with Gasteiger partial charge in [-0.1, -0.05) is 12.5 Å². The van der Waals surface area contributed by atoms with E-state index in [-0.39, 0.29) is 0 Å². The van der Waals surface area contributed by atoms with Crippen molar-refractivity contribution in [3.05, 3.63) is 30.1 Å². The van der Waals surface area contributed by atoms with Crippen molar-refractivity contribution in [2.75, 3.05) is 25.4 Å². The van der Waals surface area contributed by atoms with Gasteiger partial charge in [-0.05, 0) is 37.3 Å². The molecule has 3 heterocycles. The van der Waals surface area contributed by atoms with Gasteiger partial charge in [0, 0.05) is 36.3 Å². The normalized spacial score (nSPS) is 21.6. The SMILES string of the molecule is O=C(O)C(F)(F)F.O=C(O)C(F)(F)F.c1ccc(COC2CSC3(C2)CN(CC2CCC2)C3)nc1. The van der Waals surface area contributed by atoms with Crippen LogP contribution in [0.2, 0.25) is 0 Å². The Kier molecular flexibility index (Phi) is 10.2. The second-order valence-corrected chi connectivity index (χ2v) is 10.0. The van der Waals surface area contributed by atoms with Gasteiger partial charge in [0.05, 0.1) is 18.4 Å². The largest absolute Gasteiger partial charge is 0.490 e. The summed E-state index contributed by atoms with van der Waals surface area (Å²) in [6.45, 7) is 4.59. The minimum Gasteiger partial charge on any atom is -0.475 e. The van der Waals surface area contributed by atoms with E-state index in [0.717, 1.165) is 17.4 Å². The summed E-state index contributed by atoms with van der Waals surface area (Å²) >= 11 is 2.14. The quantitative estimate of drug-likeness (QED) is 0.544. The maximum absolute atomic E-state index is 10.6. The zero-order valence-electron chi connectivity index (χ0n) is 18.5. The number of halogens is 6. The first-order chi connectivity index (χ1) is 16.2. The van der Waals surface area contributed by atoms with Crippen LogP contribution in [-0.2, 0) is 20.9 Å². The molecule has 1 spiro atoms. The van der Waals surface area contributed by atoms with Crippen LogP contribution in [0.15, 0.2) is 24.4 Å². The van der Waals surface area contributed by atoms with E-state index in [2.05, 4.69) is 21.6 Å². The van der Waals surface area contributed by atoms with Crippen LogP contribution in [0.5, 0.6) is 0 Å². The molecule has 0 aromatic carbocycles. The number of nitrogens with zero attached hydrogens (tertiary/aromatic N) is 2. The van der Waals surface area contributed by atoms with Gasteiger partial charge in [0.2, 0.25) is 0 Å². The third-order valence-electron chi connectivity index (χ3n) is 5.62. The molecule has 1 atom stereocenters. The van der Waals surface area contributed by atoms with Gasteiger partial charge in [-0.3, -0.25) is 4.98 Å². The molecule has 7 nitrogen and oxygen atoms in total. The first-order valence-electron chi connectivity index (χ1n) is 10.7. The van der Waals surface area contributed by atoms with Crippen molar-refractivity contribution < 1.29 is 50.9 Å². The van der Waals surface area contributed by atoms with Crippen LogP contribution >= 0.6 is 11.8 Å². The average molecular weight is 533 g/mol. The van der Waals surface area contributed by atoms with Crippen molar-refractivity contribution in [3.63, 3.8) is 0 Å². The number of hydrogen-bond donors (Lipinski definition) is 2. The lowest BCUT2D eigenvalue weighted by atomic mass is 9.83. The van der Waals surface area contributed by atoms with Crippen molar-refractivity contribution in [1.29, 1.82) is 0 Å².